The number of fused-ring (bicyclic) bond motifs is 1. The Morgan fingerprint density at radius 3 is 2.47 bits per heavy atom. The smallest absolute Gasteiger partial charge is 0.407 e. The van der Waals surface area contributed by atoms with Crippen molar-refractivity contribution in [2.24, 2.45) is 0 Å². The summed E-state index contributed by atoms with van der Waals surface area (Å²) in [6.45, 7) is 0.163. The number of rotatable bonds is 6. The molecule has 0 atom stereocenters. The quantitative estimate of drug-likeness (QED) is 0.546. The van der Waals surface area contributed by atoms with Gasteiger partial charge in [0.1, 0.15) is 12.4 Å². The number of amides is 1. The van der Waals surface area contributed by atoms with Crippen LogP contribution in [-0.4, -0.2) is 42.2 Å². The molecule has 0 saturated heterocycles. The van der Waals surface area contributed by atoms with E-state index in [0.29, 0.717) is 11.0 Å². The highest BCUT2D eigenvalue weighted by molar-refractivity contribution is 6.31. The van der Waals surface area contributed by atoms with Gasteiger partial charge in [0.2, 0.25) is 5.95 Å². The molecule has 168 valence electrons. The Morgan fingerprint density at radius 2 is 1.72 bits per heavy atom. The van der Waals surface area contributed by atoms with Gasteiger partial charge in [0.05, 0.1) is 5.52 Å². The topological polar surface area (TPSA) is 79.4 Å². The summed E-state index contributed by atoms with van der Waals surface area (Å²) in [7, 11) is 3.97. The average Bonchev–Trinajstić information content (AvgIpc) is 2.79. The van der Waals surface area contributed by atoms with Gasteiger partial charge in [0.15, 0.2) is 0 Å². The fourth-order valence-electron chi connectivity index (χ4n) is 4.00. The van der Waals surface area contributed by atoms with Gasteiger partial charge in [-0.1, -0.05) is 41.9 Å². The van der Waals surface area contributed by atoms with E-state index in [1.165, 1.54) is 0 Å². The van der Waals surface area contributed by atoms with E-state index in [1.54, 1.807) is 6.07 Å². The minimum Gasteiger partial charge on any atom is -0.445 e. The van der Waals surface area contributed by atoms with E-state index in [9.17, 15) is 4.79 Å². The molecule has 3 aromatic rings. The van der Waals surface area contributed by atoms with Crippen LogP contribution in [0.25, 0.3) is 10.9 Å². The van der Waals surface area contributed by atoms with E-state index in [4.69, 9.17) is 26.3 Å². The Bertz CT molecular complexity index is 1080. The van der Waals surface area contributed by atoms with E-state index in [1.807, 2.05) is 61.5 Å². The second kappa shape index (κ2) is 10.0. The van der Waals surface area contributed by atoms with Crippen molar-refractivity contribution in [3.8, 4) is 0 Å². The maximum absolute atomic E-state index is 12.2. The van der Waals surface area contributed by atoms with Gasteiger partial charge in [-0.15, -0.1) is 0 Å². The molecule has 32 heavy (non-hydrogen) atoms. The van der Waals surface area contributed by atoms with Crippen molar-refractivity contribution in [1.82, 2.24) is 15.3 Å². The number of nitrogens with zero attached hydrogens (tertiary/aromatic N) is 3. The summed E-state index contributed by atoms with van der Waals surface area (Å²) in [6.07, 6.45) is 3.17. The van der Waals surface area contributed by atoms with Crippen LogP contribution in [0.2, 0.25) is 5.02 Å². The predicted octanol–water partition coefficient (Wildman–Crippen LogP) is 5.00. The molecule has 0 bridgehead atoms. The first kappa shape index (κ1) is 22.1. The van der Waals surface area contributed by atoms with E-state index in [0.717, 1.165) is 48.0 Å². The zero-order valence-corrected chi connectivity index (χ0v) is 19.1. The second-order valence-electron chi connectivity index (χ2n) is 8.29. The minimum atomic E-state index is -0.408. The highest BCUT2D eigenvalue weighted by Gasteiger charge is 2.24. The summed E-state index contributed by atoms with van der Waals surface area (Å²) in [4.78, 5) is 23.6. The second-order valence-corrected chi connectivity index (χ2v) is 8.69. The van der Waals surface area contributed by atoms with Gasteiger partial charge in [-0.3, -0.25) is 0 Å². The third kappa shape index (κ3) is 5.40. The summed E-state index contributed by atoms with van der Waals surface area (Å²) in [5.41, 5.74) is 1.72. The standard InChI is InChI=1S/C24H28ClN5O2/c1-30(2)22-19-8-4-6-10-21(19)28-23(29-22)26-17-11-13-18(14-12-17)27-24(31)32-15-16-7-3-5-9-20(16)25/h3-10,17-18H,11-15H2,1-2H3,(H,27,31)(H,26,28,29)/t17-,18+. The van der Waals surface area contributed by atoms with Crippen molar-refractivity contribution in [2.75, 3.05) is 24.3 Å². The summed E-state index contributed by atoms with van der Waals surface area (Å²) in [5.74, 6) is 1.54. The van der Waals surface area contributed by atoms with E-state index < -0.39 is 6.09 Å². The molecule has 1 aliphatic carbocycles. The Morgan fingerprint density at radius 1 is 1.03 bits per heavy atom. The molecule has 7 nitrogen and oxygen atoms in total. The van der Waals surface area contributed by atoms with Gasteiger partial charge in [-0.25, -0.2) is 9.78 Å². The Hall–Kier alpha value is -3.06. The summed E-state index contributed by atoms with van der Waals surface area (Å²) in [6, 6.07) is 15.8. The molecule has 0 spiro atoms. The summed E-state index contributed by atoms with van der Waals surface area (Å²) < 4.78 is 5.34. The molecule has 0 radical (unpaired) electrons. The predicted molar refractivity (Wildman–Crippen MR) is 128 cm³/mol. The molecule has 1 aliphatic rings. The van der Waals surface area contributed by atoms with E-state index in [2.05, 4.69) is 10.6 Å². The summed E-state index contributed by atoms with van der Waals surface area (Å²) >= 11 is 6.11. The van der Waals surface area contributed by atoms with Crippen LogP contribution < -0.4 is 15.5 Å². The molecule has 0 unspecified atom stereocenters. The van der Waals surface area contributed by atoms with Crippen molar-refractivity contribution < 1.29 is 9.53 Å². The Labute approximate surface area is 193 Å². The average molecular weight is 454 g/mol. The molecular formula is C24H28ClN5O2. The number of ether oxygens (including phenoxy) is 1. The highest BCUT2D eigenvalue weighted by Crippen LogP contribution is 2.26. The Balaban J connectivity index is 1.29. The zero-order chi connectivity index (χ0) is 22.5. The first-order valence-electron chi connectivity index (χ1n) is 10.9. The van der Waals surface area contributed by atoms with Crippen LogP contribution in [0.3, 0.4) is 0 Å². The SMILES string of the molecule is CN(C)c1nc(N[C@H]2CC[C@@H](NC(=O)OCc3ccccc3Cl)CC2)nc2ccccc12. The molecule has 1 heterocycles. The first-order valence-corrected chi connectivity index (χ1v) is 11.2. The summed E-state index contributed by atoms with van der Waals surface area (Å²) in [5, 5.41) is 8.09. The number of halogens is 1. The maximum atomic E-state index is 12.2. The highest BCUT2D eigenvalue weighted by atomic mass is 35.5. The largest absolute Gasteiger partial charge is 0.445 e. The first-order chi connectivity index (χ1) is 15.5. The number of hydrogen-bond donors (Lipinski definition) is 2. The monoisotopic (exact) mass is 453 g/mol. The molecule has 4 rings (SSSR count). The Kier molecular flexibility index (Phi) is 6.95. The molecule has 1 amide bonds. The lowest BCUT2D eigenvalue weighted by Crippen LogP contribution is -2.40. The normalized spacial score (nSPS) is 18.2. The molecule has 0 aliphatic heterocycles. The lowest BCUT2D eigenvalue weighted by molar-refractivity contribution is 0.132. The van der Waals surface area contributed by atoms with Crippen LogP contribution in [0.5, 0.6) is 0 Å². The number of aromatic nitrogens is 2. The molecule has 1 saturated carbocycles. The van der Waals surface area contributed by atoms with Crippen LogP contribution in [0.1, 0.15) is 31.2 Å². The van der Waals surface area contributed by atoms with Crippen LogP contribution >= 0.6 is 11.6 Å². The van der Waals surface area contributed by atoms with E-state index >= 15 is 0 Å². The minimum absolute atomic E-state index is 0.0988. The van der Waals surface area contributed by atoms with Gasteiger partial charge in [0.25, 0.3) is 0 Å². The third-order valence-electron chi connectivity index (χ3n) is 5.71. The number of carbonyl (C=O) groups is 1. The van der Waals surface area contributed by atoms with Gasteiger partial charge < -0.3 is 20.3 Å². The lowest BCUT2D eigenvalue weighted by Gasteiger charge is -2.29. The number of benzene rings is 2. The van der Waals surface area contributed by atoms with Crippen LogP contribution in [0, 0.1) is 0 Å². The zero-order valence-electron chi connectivity index (χ0n) is 18.3. The molecule has 2 aromatic carbocycles. The van der Waals surface area contributed by atoms with Crippen molar-refractivity contribution in [3.63, 3.8) is 0 Å². The molecule has 2 N–H and O–H groups in total. The van der Waals surface area contributed by atoms with Gasteiger partial charge in [0, 0.05) is 42.2 Å². The molecule has 1 aromatic heterocycles. The number of alkyl carbamates (subject to hydrolysis) is 1. The molecule has 8 heteroatoms. The van der Waals surface area contributed by atoms with Gasteiger partial charge in [-0.2, -0.15) is 4.98 Å². The van der Waals surface area contributed by atoms with Crippen molar-refractivity contribution in [2.45, 2.75) is 44.4 Å². The van der Waals surface area contributed by atoms with Crippen LogP contribution in [-0.2, 0) is 11.3 Å². The third-order valence-corrected chi connectivity index (χ3v) is 6.07. The number of nitrogens with one attached hydrogen (secondary N) is 2. The lowest BCUT2D eigenvalue weighted by atomic mass is 9.91. The van der Waals surface area contributed by atoms with Crippen molar-refractivity contribution in [1.29, 1.82) is 0 Å². The van der Waals surface area contributed by atoms with Gasteiger partial charge in [-0.05, 0) is 43.9 Å². The van der Waals surface area contributed by atoms with Crippen molar-refractivity contribution >= 4 is 40.4 Å². The fraction of sp³-hybridized carbons (Fsp3) is 0.375. The van der Waals surface area contributed by atoms with Gasteiger partial charge >= 0.3 is 6.09 Å². The molecule has 1 fully saturated rings. The molecular weight excluding hydrogens is 426 g/mol. The van der Waals surface area contributed by atoms with Crippen LogP contribution in [0.15, 0.2) is 48.5 Å². The number of anilines is 2. The van der Waals surface area contributed by atoms with E-state index in [-0.39, 0.29) is 18.7 Å². The van der Waals surface area contributed by atoms with Crippen LogP contribution in [0.4, 0.5) is 16.6 Å². The maximum Gasteiger partial charge on any atom is 0.407 e. The fourth-order valence-corrected chi connectivity index (χ4v) is 4.19. The number of para-hydroxylation sites is 1. The number of hydrogen-bond acceptors (Lipinski definition) is 6. The number of carbonyl (C=O) groups excluding carboxylic acids is 1. The van der Waals surface area contributed by atoms with Crippen molar-refractivity contribution in [3.05, 3.63) is 59.1 Å².